The van der Waals surface area contributed by atoms with Gasteiger partial charge in [-0.3, -0.25) is 9.59 Å². The second kappa shape index (κ2) is 8.76. The number of benzene rings is 2. The third-order valence-corrected chi connectivity index (χ3v) is 4.46. The maximum absolute atomic E-state index is 13.1. The molecule has 2 N–H and O–H groups in total. The minimum Gasteiger partial charge on any atom is -0.350 e. The predicted octanol–water partition coefficient (Wildman–Crippen LogP) is 4.05. The minimum atomic E-state index is -0.413. The SMILES string of the molecule is CC[C@@H](C)NC(=O)c1cccc(CNC(=O)c2ccc(F)cc2Br)c1. The molecule has 0 heterocycles. The summed E-state index contributed by atoms with van der Waals surface area (Å²) in [7, 11) is 0. The molecule has 4 nitrogen and oxygen atoms in total. The van der Waals surface area contributed by atoms with Crippen molar-refractivity contribution < 1.29 is 14.0 Å². The highest BCUT2D eigenvalue weighted by atomic mass is 79.9. The molecule has 25 heavy (non-hydrogen) atoms. The molecule has 2 aromatic rings. The van der Waals surface area contributed by atoms with Gasteiger partial charge in [-0.1, -0.05) is 19.1 Å². The Bertz CT molecular complexity index is 780. The van der Waals surface area contributed by atoms with E-state index < -0.39 is 5.82 Å². The van der Waals surface area contributed by atoms with Crippen LogP contribution in [-0.2, 0) is 6.54 Å². The first-order chi connectivity index (χ1) is 11.9. The van der Waals surface area contributed by atoms with Crippen molar-refractivity contribution in [2.75, 3.05) is 0 Å². The molecule has 0 aliphatic carbocycles. The first-order valence-electron chi connectivity index (χ1n) is 8.03. The van der Waals surface area contributed by atoms with E-state index in [1.54, 1.807) is 18.2 Å². The van der Waals surface area contributed by atoms with Crippen molar-refractivity contribution >= 4 is 27.7 Å². The molecule has 0 radical (unpaired) electrons. The zero-order valence-corrected chi connectivity index (χ0v) is 15.7. The lowest BCUT2D eigenvalue weighted by Gasteiger charge is -2.12. The summed E-state index contributed by atoms with van der Waals surface area (Å²) in [6.07, 6.45) is 0.855. The molecule has 132 valence electrons. The van der Waals surface area contributed by atoms with E-state index >= 15 is 0 Å². The number of hydrogen-bond acceptors (Lipinski definition) is 2. The fourth-order valence-corrected chi connectivity index (χ4v) is 2.71. The van der Waals surface area contributed by atoms with Crippen molar-refractivity contribution in [1.82, 2.24) is 10.6 Å². The summed E-state index contributed by atoms with van der Waals surface area (Å²) >= 11 is 3.18. The highest BCUT2D eigenvalue weighted by molar-refractivity contribution is 9.10. The lowest BCUT2D eigenvalue weighted by molar-refractivity contribution is 0.0936. The number of rotatable bonds is 6. The molecule has 2 amide bonds. The normalized spacial score (nSPS) is 11.7. The van der Waals surface area contributed by atoms with Crippen LogP contribution in [0.3, 0.4) is 0 Å². The Kier molecular flexibility index (Phi) is 6.70. The lowest BCUT2D eigenvalue weighted by atomic mass is 10.1. The molecule has 1 atom stereocenters. The van der Waals surface area contributed by atoms with Crippen LogP contribution >= 0.6 is 15.9 Å². The van der Waals surface area contributed by atoms with Gasteiger partial charge in [-0.25, -0.2) is 4.39 Å². The molecule has 0 saturated carbocycles. The van der Waals surface area contributed by atoms with Crippen LogP contribution in [0.25, 0.3) is 0 Å². The van der Waals surface area contributed by atoms with Crippen molar-refractivity contribution in [1.29, 1.82) is 0 Å². The Morgan fingerprint density at radius 3 is 2.60 bits per heavy atom. The quantitative estimate of drug-likeness (QED) is 0.759. The van der Waals surface area contributed by atoms with Gasteiger partial charge in [0.2, 0.25) is 0 Å². The van der Waals surface area contributed by atoms with E-state index in [2.05, 4.69) is 26.6 Å². The van der Waals surface area contributed by atoms with Gasteiger partial charge in [-0.2, -0.15) is 0 Å². The molecular formula is C19H20BrFN2O2. The van der Waals surface area contributed by atoms with E-state index in [9.17, 15) is 14.0 Å². The van der Waals surface area contributed by atoms with Crippen LogP contribution < -0.4 is 10.6 Å². The molecular weight excluding hydrogens is 387 g/mol. The molecule has 0 bridgehead atoms. The summed E-state index contributed by atoms with van der Waals surface area (Å²) in [4.78, 5) is 24.4. The van der Waals surface area contributed by atoms with Crippen LogP contribution in [0, 0.1) is 5.82 Å². The molecule has 0 saturated heterocycles. The van der Waals surface area contributed by atoms with Gasteiger partial charge in [0.05, 0.1) is 5.56 Å². The fourth-order valence-electron chi connectivity index (χ4n) is 2.18. The second-order valence-electron chi connectivity index (χ2n) is 5.79. The number of carbonyl (C=O) groups is 2. The molecule has 2 aromatic carbocycles. The number of nitrogens with one attached hydrogen (secondary N) is 2. The Labute approximate surface area is 154 Å². The van der Waals surface area contributed by atoms with Gasteiger partial charge in [-0.05, 0) is 65.2 Å². The average molecular weight is 407 g/mol. The van der Waals surface area contributed by atoms with Crippen LogP contribution in [0.1, 0.15) is 46.5 Å². The predicted molar refractivity (Wildman–Crippen MR) is 98.9 cm³/mol. The highest BCUT2D eigenvalue weighted by Gasteiger charge is 2.12. The van der Waals surface area contributed by atoms with Gasteiger partial charge >= 0.3 is 0 Å². The molecule has 0 aliphatic heterocycles. The smallest absolute Gasteiger partial charge is 0.252 e. The van der Waals surface area contributed by atoms with Gasteiger partial charge in [0, 0.05) is 22.6 Å². The lowest BCUT2D eigenvalue weighted by Crippen LogP contribution is -2.32. The Balaban J connectivity index is 2.02. The molecule has 0 spiro atoms. The second-order valence-corrected chi connectivity index (χ2v) is 6.64. The Morgan fingerprint density at radius 1 is 1.16 bits per heavy atom. The maximum atomic E-state index is 13.1. The fraction of sp³-hybridized carbons (Fsp3) is 0.263. The summed E-state index contributed by atoms with van der Waals surface area (Å²) in [5.41, 5.74) is 1.71. The summed E-state index contributed by atoms with van der Waals surface area (Å²) in [6.45, 7) is 4.22. The average Bonchev–Trinajstić information content (AvgIpc) is 2.59. The third-order valence-electron chi connectivity index (χ3n) is 3.81. The third kappa shape index (κ3) is 5.39. The standard InChI is InChI=1S/C19H20BrFN2O2/c1-3-12(2)23-18(24)14-6-4-5-13(9-14)11-22-19(25)16-8-7-15(21)10-17(16)20/h4-10,12H,3,11H2,1-2H3,(H,22,25)(H,23,24)/t12-/m1/s1. The topological polar surface area (TPSA) is 58.2 Å². The van der Waals surface area contributed by atoms with E-state index in [4.69, 9.17) is 0 Å². The van der Waals surface area contributed by atoms with Crippen LogP contribution in [0.5, 0.6) is 0 Å². The molecule has 2 rings (SSSR count). The summed E-state index contributed by atoms with van der Waals surface area (Å²) in [5, 5.41) is 5.68. The highest BCUT2D eigenvalue weighted by Crippen LogP contribution is 2.18. The van der Waals surface area contributed by atoms with Crippen molar-refractivity contribution in [3.63, 3.8) is 0 Å². The summed E-state index contributed by atoms with van der Waals surface area (Å²) in [6, 6.07) is 11.1. The largest absolute Gasteiger partial charge is 0.350 e. The monoisotopic (exact) mass is 406 g/mol. The van der Waals surface area contributed by atoms with Gasteiger partial charge in [0.25, 0.3) is 11.8 Å². The maximum Gasteiger partial charge on any atom is 0.252 e. The Morgan fingerprint density at radius 2 is 1.92 bits per heavy atom. The summed E-state index contributed by atoms with van der Waals surface area (Å²) < 4.78 is 13.5. The first-order valence-corrected chi connectivity index (χ1v) is 8.83. The van der Waals surface area contributed by atoms with E-state index in [1.165, 1.54) is 18.2 Å². The zero-order valence-electron chi connectivity index (χ0n) is 14.1. The molecule has 6 heteroatoms. The van der Waals surface area contributed by atoms with Crippen molar-refractivity contribution in [2.45, 2.75) is 32.9 Å². The number of hydrogen-bond donors (Lipinski definition) is 2. The molecule has 0 unspecified atom stereocenters. The van der Waals surface area contributed by atoms with Crippen molar-refractivity contribution in [3.8, 4) is 0 Å². The number of carbonyl (C=O) groups excluding carboxylic acids is 2. The van der Waals surface area contributed by atoms with E-state index in [0.29, 0.717) is 15.6 Å². The molecule has 0 aromatic heterocycles. The first kappa shape index (κ1) is 19.1. The Hall–Kier alpha value is -2.21. The van der Waals surface area contributed by atoms with Crippen molar-refractivity contribution in [3.05, 3.63) is 69.4 Å². The molecule has 0 aliphatic rings. The van der Waals surface area contributed by atoms with E-state index in [1.807, 2.05) is 19.9 Å². The van der Waals surface area contributed by atoms with Crippen LogP contribution in [-0.4, -0.2) is 17.9 Å². The van der Waals surface area contributed by atoms with Crippen LogP contribution in [0.2, 0.25) is 0 Å². The van der Waals surface area contributed by atoms with Crippen molar-refractivity contribution in [2.24, 2.45) is 0 Å². The van der Waals surface area contributed by atoms with Crippen LogP contribution in [0.15, 0.2) is 46.9 Å². The van der Waals surface area contributed by atoms with Gasteiger partial charge < -0.3 is 10.6 Å². The van der Waals surface area contributed by atoms with Crippen LogP contribution in [0.4, 0.5) is 4.39 Å². The summed E-state index contributed by atoms with van der Waals surface area (Å²) in [5.74, 6) is -0.867. The van der Waals surface area contributed by atoms with E-state index in [0.717, 1.165) is 12.0 Å². The minimum absolute atomic E-state index is 0.103. The van der Waals surface area contributed by atoms with E-state index in [-0.39, 0.29) is 24.4 Å². The zero-order chi connectivity index (χ0) is 18.4. The number of amides is 2. The van der Waals surface area contributed by atoms with Gasteiger partial charge in [0.15, 0.2) is 0 Å². The number of halogens is 2. The van der Waals surface area contributed by atoms with Gasteiger partial charge in [-0.15, -0.1) is 0 Å². The molecule has 0 fully saturated rings. The van der Waals surface area contributed by atoms with Gasteiger partial charge in [0.1, 0.15) is 5.82 Å².